The first-order valence-corrected chi connectivity index (χ1v) is 6.85. The molecule has 0 unspecified atom stereocenters. The van der Waals surface area contributed by atoms with Crippen LogP contribution < -0.4 is 0 Å². The molecule has 17 heavy (non-hydrogen) atoms. The van der Waals surface area contributed by atoms with Crippen molar-refractivity contribution >= 4 is 32.2 Å². The second-order valence-corrected chi connectivity index (χ2v) is 5.94. The third-order valence-corrected chi connectivity index (χ3v) is 3.95. The van der Waals surface area contributed by atoms with Gasteiger partial charge in [0.15, 0.2) is 0 Å². The lowest BCUT2D eigenvalue weighted by molar-refractivity contribution is 0.951. The Morgan fingerprint density at radius 3 is 2.59 bits per heavy atom. The van der Waals surface area contributed by atoms with Gasteiger partial charge in [0.05, 0.1) is 11.4 Å². The number of rotatable bonds is 1. The van der Waals surface area contributed by atoms with Crippen LogP contribution in [0.3, 0.4) is 0 Å². The summed E-state index contributed by atoms with van der Waals surface area (Å²) in [5.41, 5.74) is 3.24. The van der Waals surface area contributed by atoms with Crippen LogP contribution in [0.4, 0.5) is 0 Å². The van der Waals surface area contributed by atoms with Crippen LogP contribution in [0.25, 0.3) is 16.2 Å². The molecular formula is C12H10BrN3S. The molecule has 86 valence electrons. The van der Waals surface area contributed by atoms with Crippen LogP contribution in [0.5, 0.6) is 0 Å². The van der Waals surface area contributed by atoms with E-state index in [1.54, 1.807) is 11.3 Å². The Balaban J connectivity index is 2.28. The van der Waals surface area contributed by atoms with E-state index in [2.05, 4.69) is 38.1 Å². The standard InChI is InChI=1S/C12H10BrN3S/c1-7-11(9-3-5-10(13)6-4-9)16-12(14-7)17-8(2)15-16/h3-6H,1-2H3. The Hall–Kier alpha value is -1.20. The summed E-state index contributed by atoms with van der Waals surface area (Å²) in [4.78, 5) is 5.50. The average molecular weight is 308 g/mol. The molecule has 0 aliphatic carbocycles. The molecule has 0 radical (unpaired) electrons. The third-order valence-electron chi connectivity index (χ3n) is 2.60. The highest BCUT2D eigenvalue weighted by Crippen LogP contribution is 2.27. The van der Waals surface area contributed by atoms with Crippen molar-refractivity contribution in [1.29, 1.82) is 0 Å². The predicted molar refractivity (Wildman–Crippen MR) is 73.5 cm³/mol. The van der Waals surface area contributed by atoms with Gasteiger partial charge in [0.25, 0.3) is 0 Å². The zero-order valence-electron chi connectivity index (χ0n) is 9.44. The van der Waals surface area contributed by atoms with Gasteiger partial charge in [-0.2, -0.15) is 5.10 Å². The van der Waals surface area contributed by atoms with Gasteiger partial charge in [0.2, 0.25) is 4.96 Å². The summed E-state index contributed by atoms with van der Waals surface area (Å²) in [5, 5.41) is 5.53. The Bertz CT molecular complexity index is 682. The van der Waals surface area contributed by atoms with Gasteiger partial charge < -0.3 is 0 Å². The lowest BCUT2D eigenvalue weighted by atomic mass is 10.1. The van der Waals surface area contributed by atoms with Crippen LogP contribution in [0.2, 0.25) is 0 Å². The average Bonchev–Trinajstić information content (AvgIpc) is 2.75. The molecule has 0 saturated heterocycles. The minimum absolute atomic E-state index is 0.956. The number of aryl methyl sites for hydroxylation is 2. The summed E-state index contributed by atoms with van der Waals surface area (Å²) >= 11 is 5.06. The lowest BCUT2D eigenvalue weighted by Crippen LogP contribution is -1.90. The van der Waals surface area contributed by atoms with Gasteiger partial charge >= 0.3 is 0 Å². The fourth-order valence-electron chi connectivity index (χ4n) is 1.88. The molecule has 0 atom stereocenters. The molecule has 0 aliphatic heterocycles. The van der Waals surface area contributed by atoms with Crippen molar-refractivity contribution in [3.05, 3.63) is 39.4 Å². The van der Waals surface area contributed by atoms with E-state index in [9.17, 15) is 0 Å². The van der Waals surface area contributed by atoms with Gasteiger partial charge in [0, 0.05) is 10.0 Å². The molecule has 0 N–H and O–H groups in total. The number of fused-ring (bicyclic) bond motifs is 1. The fraction of sp³-hybridized carbons (Fsp3) is 0.167. The first-order chi connectivity index (χ1) is 8.15. The molecular weight excluding hydrogens is 298 g/mol. The van der Waals surface area contributed by atoms with Gasteiger partial charge in [0.1, 0.15) is 5.01 Å². The molecule has 0 bridgehead atoms. The molecule has 0 aliphatic rings. The van der Waals surface area contributed by atoms with E-state index in [4.69, 9.17) is 0 Å². The summed E-state index contributed by atoms with van der Waals surface area (Å²) in [6, 6.07) is 8.23. The Morgan fingerprint density at radius 1 is 1.18 bits per heavy atom. The second-order valence-electron chi connectivity index (χ2n) is 3.87. The maximum Gasteiger partial charge on any atom is 0.212 e. The SMILES string of the molecule is Cc1nn2c(-c3ccc(Br)cc3)c(C)nc2s1. The summed E-state index contributed by atoms with van der Waals surface area (Å²) < 4.78 is 3.01. The van der Waals surface area contributed by atoms with Crippen LogP contribution in [0, 0.1) is 13.8 Å². The molecule has 3 aromatic rings. The molecule has 2 aromatic heterocycles. The molecule has 0 amide bonds. The predicted octanol–water partition coefficient (Wildman–Crippen LogP) is 3.84. The van der Waals surface area contributed by atoms with E-state index in [-0.39, 0.29) is 0 Å². The van der Waals surface area contributed by atoms with E-state index in [0.29, 0.717) is 0 Å². The van der Waals surface area contributed by atoms with Crippen LogP contribution >= 0.6 is 27.3 Å². The second kappa shape index (κ2) is 3.92. The van der Waals surface area contributed by atoms with Crippen LogP contribution in [0.1, 0.15) is 10.7 Å². The minimum atomic E-state index is 0.956. The summed E-state index contributed by atoms with van der Waals surface area (Å²) in [5.74, 6) is 0. The first kappa shape index (κ1) is 10.9. The normalized spacial score (nSPS) is 11.2. The zero-order valence-corrected chi connectivity index (χ0v) is 11.8. The van der Waals surface area contributed by atoms with E-state index in [1.807, 2.05) is 30.5 Å². The van der Waals surface area contributed by atoms with E-state index < -0.39 is 0 Å². The van der Waals surface area contributed by atoms with Crippen molar-refractivity contribution in [2.45, 2.75) is 13.8 Å². The number of nitrogens with zero attached hydrogens (tertiary/aromatic N) is 3. The highest BCUT2D eigenvalue weighted by molar-refractivity contribution is 9.10. The molecule has 3 nitrogen and oxygen atoms in total. The van der Waals surface area contributed by atoms with Crippen LogP contribution in [-0.2, 0) is 0 Å². The fourth-order valence-corrected chi connectivity index (χ4v) is 2.94. The van der Waals surface area contributed by atoms with Crippen molar-refractivity contribution in [2.24, 2.45) is 0 Å². The Labute approximate surface area is 111 Å². The third kappa shape index (κ3) is 1.79. The van der Waals surface area contributed by atoms with Crippen molar-refractivity contribution < 1.29 is 0 Å². The number of imidazole rings is 1. The monoisotopic (exact) mass is 307 g/mol. The Kier molecular flexibility index (Phi) is 2.52. The molecule has 3 rings (SSSR count). The van der Waals surface area contributed by atoms with Gasteiger partial charge in [-0.1, -0.05) is 39.4 Å². The first-order valence-electron chi connectivity index (χ1n) is 5.24. The number of aromatic nitrogens is 3. The summed E-state index contributed by atoms with van der Waals surface area (Å²) in [7, 11) is 0. The van der Waals surface area contributed by atoms with Crippen LogP contribution in [0.15, 0.2) is 28.7 Å². The minimum Gasteiger partial charge on any atom is -0.222 e. The molecule has 0 spiro atoms. The maximum atomic E-state index is 4.54. The smallest absolute Gasteiger partial charge is 0.212 e. The quantitative estimate of drug-likeness (QED) is 0.684. The molecule has 0 fully saturated rings. The lowest BCUT2D eigenvalue weighted by Gasteiger charge is -2.00. The molecule has 1 aromatic carbocycles. The van der Waals surface area contributed by atoms with Gasteiger partial charge in [-0.05, 0) is 26.0 Å². The van der Waals surface area contributed by atoms with Crippen molar-refractivity contribution in [1.82, 2.24) is 14.6 Å². The number of hydrogen-bond acceptors (Lipinski definition) is 3. The van der Waals surface area contributed by atoms with E-state index >= 15 is 0 Å². The summed E-state index contributed by atoms with van der Waals surface area (Å²) in [6.45, 7) is 4.02. The number of benzene rings is 1. The largest absolute Gasteiger partial charge is 0.222 e. The maximum absolute atomic E-state index is 4.54. The number of halogens is 1. The highest BCUT2D eigenvalue weighted by atomic mass is 79.9. The molecule has 5 heteroatoms. The van der Waals surface area contributed by atoms with Crippen molar-refractivity contribution in [3.63, 3.8) is 0 Å². The highest BCUT2D eigenvalue weighted by Gasteiger charge is 2.13. The van der Waals surface area contributed by atoms with E-state index in [0.717, 1.165) is 31.4 Å². The van der Waals surface area contributed by atoms with Crippen molar-refractivity contribution in [3.8, 4) is 11.3 Å². The topological polar surface area (TPSA) is 30.2 Å². The van der Waals surface area contributed by atoms with Gasteiger partial charge in [-0.15, -0.1) is 0 Å². The zero-order chi connectivity index (χ0) is 12.0. The van der Waals surface area contributed by atoms with Crippen LogP contribution in [-0.4, -0.2) is 14.6 Å². The molecule has 2 heterocycles. The molecule has 0 saturated carbocycles. The van der Waals surface area contributed by atoms with Crippen molar-refractivity contribution in [2.75, 3.05) is 0 Å². The Morgan fingerprint density at radius 2 is 1.88 bits per heavy atom. The number of hydrogen-bond donors (Lipinski definition) is 0. The van der Waals surface area contributed by atoms with E-state index in [1.165, 1.54) is 0 Å². The van der Waals surface area contributed by atoms with Gasteiger partial charge in [-0.25, -0.2) is 9.50 Å². The van der Waals surface area contributed by atoms with Gasteiger partial charge in [-0.3, -0.25) is 0 Å². The summed E-state index contributed by atoms with van der Waals surface area (Å²) in [6.07, 6.45) is 0.